The van der Waals surface area contributed by atoms with Gasteiger partial charge in [-0.25, -0.2) is 4.98 Å². The van der Waals surface area contributed by atoms with Crippen LogP contribution in [0.2, 0.25) is 0 Å². The number of anilines is 1. The van der Waals surface area contributed by atoms with Crippen molar-refractivity contribution in [3.8, 4) is 0 Å². The van der Waals surface area contributed by atoms with Gasteiger partial charge >= 0.3 is 0 Å². The molecule has 1 fully saturated rings. The van der Waals surface area contributed by atoms with E-state index < -0.39 is 0 Å². The number of nitrogens with two attached hydrogens (primary N) is 1. The standard InChI is InChI=1S/C12H15N3O/c13-9-4-5-15-10(7-9)8-14-12(15)11-3-1-2-6-16-11/h4-5,7-8,11H,1-3,6,13H2. The van der Waals surface area contributed by atoms with Crippen LogP contribution in [0.3, 0.4) is 0 Å². The highest BCUT2D eigenvalue weighted by molar-refractivity contribution is 5.56. The van der Waals surface area contributed by atoms with E-state index in [1.165, 1.54) is 6.42 Å². The number of hydrogen-bond acceptors (Lipinski definition) is 3. The van der Waals surface area contributed by atoms with E-state index in [0.717, 1.165) is 36.5 Å². The van der Waals surface area contributed by atoms with Crippen molar-refractivity contribution in [3.05, 3.63) is 30.4 Å². The van der Waals surface area contributed by atoms with Crippen molar-refractivity contribution in [1.82, 2.24) is 9.38 Å². The average Bonchev–Trinajstić information content (AvgIpc) is 2.73. The number of nitrogen functional groups attached to an aromatic ring is 1. The summed E-state index contributed by atoms with van der Waals surface area (Å²) in [5.41, 5.74) is 7.54. The van der Waals surface area contributed by atoms with Crippen LogP contribution in [0.4, 0.5) is 5.69 Å². The minimum absolute atomic E-state index is 0.139. The first-order valence-electron chi connectivity index (χ1n) is 5.69. The molecule has 3 heterocycles. The number of fused-ring (bicyclic) bond motifs is 1. The van der Waals surface area contributed by atoms with Crippen LogP contribution in [0.15, 0.2) is 24.5 Å². The van der Waals surface area contributed by atoms with Gasteiger partial charge < -0.3 is 14.9 Å². The molecular weight excluding hydrogens is 202 g/mol. The minimum Gasteiger partial charge on any atom is -0.399 e. The second-order valence-electron chi connectivity index (χ2n) is 4.23. The Kier molecular flexibility index (Phi) is 2.29. The van der Waals surface area contributed by atoms with Crippen LogP contribution in [0.25, 0.3) is 5.52 Å². The number of pyridine rings is 1. The molecule has 1 aliphatic rings. The molecule has 0 radical (unpaired) electrons. The molecule has 4 heteroatoms. The summed E-state index contributed by atoms with van der Waals surface area (Å²) in [7, 11) is 0. The third-order valence-corrected chi connectivity index (χ3v) is 3.05. The molecule has 2 aromatic heterocycles. The number of imidazole rings is 1. The summed E-state index contributed by atoms with van der Waals surface area (Å²) < 4.78 is 7.81. The third kappa shape index (κ3) is 1.55. The molecule has 1 atom stereocenters. The third-order valence-electron chi connectivity index (χ3n) is 3.05. The Morgan fingerprint density at radius 1 is 1.44 bits per heavy atom. The Morgan fingerprint density at radius 3 is 3.19 bits per heavy atom. The zero-order valence-corrected chi connectivity index (χ0v) is 9.10. The van der Waals surface area contributed by atoms with Crippen LogP contribution in [0.1, 0.15) is 31.2 Å². The molecule has 0 aromatic carbocycles. The molecule has 2 N–H and O–H groups in total. The fourth-order valence-electron chi connectivity index (χ4n) is 2.22. The van der Waals surface area contributed by atoms with Gasteiger partial charge in [-0.1, -0.05) is 0 Å². The van der Waals surface area contributed by atoms with Crippen molar-refractivity contribution in [2.45, 2.75) is 25.4 Å². The largest absolute Gasteiger partial charge is 0.399 e. The Morgan fingerprint density at radius 2 is 2.38 bits per heavy atom. The van der Waals surface area contributed by atoms with Gasteiger partial charge in [0.15, 0.2) is 0 Å². The summed E-state index contributed by atoms with van der Waals surface area (Å²) in [6.07, 6.45) is 7.39. The molecule has 0 spiro atoms. The van der Waals surface area contributed by atoms with Gasteiger partial charge in [-0.15, -0.1) is 0 Å². The van der Waals surface area contributed by atoms with Gasteiger partial charge in [-0.2, -0.15) is 0 Å². The predicted octanol–water partition coefficient (Wildman–Crippen LogP) is 2.16. The van der Waals surface area contributed by atoms with Gasteiger partial charge in [0.25, 0.3) is 0 Å². The quantitative estimate of drug-likeness (QED) is 0.796. The van der Waals surface area contributed by atoms with E-state index in [4.69, 9.17) is 10.5 Å². The Balaban J connectivity index is 2.03. The van der Waals surface area contributed by atoms with Crippen LogP contribution in [-0.4, -0.2) is 16.0 Å². The number of ether oxygens (including phenoxy) is 1. The number of nitrogens with zero attached hydrogens (tertiary/aromatic N) is 2. The second kappa shape index (κ2) is 3.79. The van der Waals surface area contributed by atoms with Crippen molar-refractivity contribution in [2.24, 2.45) is 0 Å². The van der Waals surface area contributed by atoms with E-state index in [1.807, 2.05) is 24.5 Å². The zero-order valence-electron chi connectivity index (χ0n) is 9.10. The van der Waals surface area contributed by atoms with Crippen molar-refractivity contribution in [3.63, 3.8) is 0 Å². The summed E-state index contributed by atoms with van der Waals surface area (Å²) in [4.78, 5) is 4.44. The van der Waals surface area contributed by atoms with Gasteiger partial charge in [-0.05, 0) is 31.4 Å². The van der Waals surface area contributed by atoms with Gasteiger partial charge in [-0.3, -0.25) is 0 Å². The summed E-state index contributed by atoms with van der Waals surface area (Å²) in [6, 6.07) is 3.82. The molecular formula is C12H15N3O. The molecule has 84 valence electrons. The maximum atomic E-state index is 5.75. The lowest BCUT2D eigenvalue weighted by atomic mass is 10.1. The van der Waals surface area contributed by atoms with Crippen LogP contribution in [-0.2, 0) is 4.74 Å². The zero-order chi connectivity index (χ0) is 11.0. The summed E-state index contributed by atoms with van der Waals surface area (Å²) in [5, 5.41) is 0. The van der Waals surface area contributed by atoms with E-state index >= 15 is 0 Å². The molecule has 1 aliphatic heterocycles. The van der Waals surface area contributed by atoms with Crippen LogP contribution in [0.5, 0.6) is 0 Å². The maximum Gasteiger partial charge on any atom is 0.142 e. The molecule has 1 unspecified atom stereocenters. The van der Waals surface area contributed by atoms with Crippen LogP contribution >= 0.6 is 0 Å². The highest BCUT2D eigenvalue weighted by Crippen LogP contribution is 2.27. The van der Waals surface area contributed by atoms with Crippen LogP contribution in [0, 0.1) is 0 Å². The highest BCUT2D eigenvalue weighted by atomic mass is 16.5. The average molecular weight is 217 g/mol. The normalized spacial score (nSPS) is 21.4. The lowest BCUT2D eigenvalue weighted by Crippen LogP contribution is -2.14. The predicted molar refractivity (Wildman–Crippen MR) is 62.1 cm³/mol. The molecule has 4 nitrogen and oxygen atoms in total. The SMILES string of the molecule is Nc1ccn2c(C3CCCCO3)ncc2c1. The van der Waals surface area contributed by atoms with Gasteiger partial charge in [0.1, 0.15) is 11.9 Å². The first kappa shape index (κ1) is 9.66. The fraction of sp³-hybridized carbons (Fsp3) is 0.417. The van der Waals surface area contributed by atoms with E-state index in [9.17, 15) is 0 Å². The Bertz CT molecular complexity index is 500. The van der Waals surface area contributed by atoms with E-state index in [-0.39, 0.29) is 6.10 Å². The Hall–Kier alpha value is -1.55. The van der Waals surface area contributed by atoms with Crippen molar-refractivity contribution < 1.29 is 4.74 Å². The van der Waals surface area contributed by atoms with Crippen molar-refractivity contribution in [1.29, 1.82) is 0 Å². The van der Waals surface area contributed by atoms with Crippen LogP contribution < -0.4 is 5.73 Å². The highest BCUT2D eigenvalue weighted by Gasteiger charge is 2.20. The fourth-order valence-corrected chi connectivity index (χ4v) is 2.22. The smallest absolute Gasteiger partial charge is 0.142 e. The Labute approximate surface area is 94.0 Å². The summed E-state index contributed by atoms with van der Waals surface area (Å²) in [5.74, 6) is 0.995. The van der Waals surface area contributed by atoms with E-state index in [0.29, 0.717) is 0 Å². The van der Waals surface area contributed by atoms with Gasteiger partial charge in [0, 0.05) is 18.5 Å². The molecule has 16 heavy (non-hydrogen) atoms. The topological polar surface area (TPSA) is 52.5 Å². The second-order valence-corrected chi connectivity index (χ2v) is 4.23. The summed E-state index contributed by atoms with van der Waals surface area (Å²) in [6.45, 7) is 0.842. The first-order valence-corrected chi connectivity index (χ1v) is 5.69. The number of aromatic nitrogens is 2. The minimum atomic E-state index is 0.139. The number of rotatable bonds is 1. The van der Waals surface area contributed by atoms with E-state index in [1.54, 1.807) is 0 Å². The summed E-state index contributed by atoms with van der Waals surface area (Å²) >= 11 is 0. The molecule has 0 saturated carbocycles. The van der Waals surface area contributed by atoms with Gasteiger partial charge in [0.2, 0.25) is 0 Å². The number of hydrogen-bond donors (Lipinski definition) is 1. The first-order chi connectivity index (χ1) is 7.84. The molecule has 0 bridgehead atoms. The lowest BCUT2D eigenvalue weighted by Gasteiger charge is -2.21. The van der Waals surface area contributed by atoms with Crippen molar-refractivity contribution in [2.75, 3.05) is 12.3 Å². The molecule has 0 amide bonds. The molecule has 0 aliphatic carbocycles. The molecule has 2 aromatic rings. The van der Waals surface area contributed by atoms with Crippen molar-refractivity contribution >= 4 is 11.2 Å². The molecule has 1 saturated heterocycles. The van der Waals surface area contributed by atoms with Gasteiger partial charge in [0.05, 0.1) is 11.7 Å². The monoisotopic (exact) mass is 217 g/mol. The maximum absolute atomic E-state index is 5.75. The molecule has 3 rings (SSSR count). The lowest BCUT2D eigenvalue weighted by molar-refractivity contribution is 0.00916. The van der Waals surface area contributed by atoms with E-state index in [2.05, 4.69) is 9.38 Å².